The highest BCUT2D eigenvalue weighted by atomic mass is 16.3. The lowest BCUT2D eigenvalue weighted by Crippen LogP contribution is -2.12. The van der Waals surface area contributed by atoms with Gasteiger partial charge in [0.2, 0.25) is 0 Å². The highest BCUT2D eigenvalue weighted by Gasteiger charge is 2.22. The maximum absolute atomic E-state index is 6.38. The Labute approximate surface area is 118 Å². The molecule has 3 rings (SSSR count). The summed E-state index contributed by atoms with van der Waals surface area (Å²) in [6.07, 6.45) is 0. The molecule has 0 fully saturated rings. The third kappa shape index (κ3) is 1.95. The van der Waals surface area contributed by atoms with Gasteiger partial charge in [-0.15, -0.1) is 0 Å². The Balaban J connectivity index is 2.14. The maximum Gasteiger partial charge on any atom is 0.134 e. The summed E-state index contributed by atoms with van der Waals surface area (Å²) >= 11 is 0. The van der Waals surface area contributed by atoms with E-state index in [1.165, 1.54) is 5.56 Å². The van der Waals surface area contributed by atoms with Crippen molar-refractivity contribution in [3.05, 3.63) is 58.2 Å². The van der Waals surface area contributed by atoms with Crippen LogP contribution in [0, 0.1) is 27.7 Å². The van der Waals surface area contributed by atoms with Crippen LogP contribution in [0.1, 0.15) is 40.0 Å². The molecular weight excluding hydrogens is 250 g/mol. The van der Waals surface area contributed by atoms with Gasteiger partial charge in [0, 0.05) is 16.5 Å². The summed E-state index contributed by atoms with van der Waals surface area (Å²) in [6, 6.07) is 7.92. The molecule has 2 aromatic heterocycles. The van der Waals surface area contributed by atoms with Gasteiger partial charge in [-0.2, -0.15) is 0 Å². The summed E-state index contributed by atoms with van der Waals surface area (Å²) in [6.45, 7) is 7.97. The molecule has 20 heavy (non-hydrogen) atoms. The number of hydrogen-bond acceptors (Lipinski definition) is 3. The normalized spacial score (nSPS) is 13.1. The lowest BCUT2D eigenvalue weighted by molar-refractivity contribution is 0.488. The van der Waals surface area contributed by atoms with Crippen LogP contribution in [0.2, 0.25) is 0 Å². The molecule has 0 saturated heterocycles. The Hall–Kier alpha value is -2.00. The quantitative estimate of drug-likeness (QED) is 0.754. The molecule has 3 heteroatoms. The third-order valence-electron chi connectivity index (χ3n) is 3.83. The smallest absolute Gasteiger partial charge is 0.134 e. The van der Waals surface area contributed by atoms with Gasteiger partial charge < -0.3 is 14.6 Å². The number of benzene rings is 1. The molecule has 2 heterocycles. The van der Waals surface area contributed by atoms with Crippen LogP contribution in [-0.2, 0) is 0 Å². The molecule has 0 aliphatic heterocycles. The first-order chi connectivity index (χ1) is 9.47. The van der Waals surface area contributed by atoms with Gasteiger partial charge in [0.15, 0.2) is 0 Å². The van der Waals surface area contributed by atoms with Gasteiger partial charge >= 0.3 is 0 Å². The van der Waals surface area contributed by atoms with E-state index in [0.717, 1.165) is 39.4 Å². The second kappa shape index (κ2) is 4.53. The average molecular weight is 269 g/mol. The Morgan fingerprint density at radius 1 is 1.00 bits per heavy atom. The Kier molecular flexibility index (Phi) is 2.94. The van der Waals surface area contributed by atoms with Gasteiger partial charge in [-0.05, 0) is 45.4 Å². The van der Waals surface area contributed by atoms with Crippen molar-refractivity contribution in [1.29, 1.82) is 0 Å². The predicted molar refractivity (Wildman–Crippen MR) is 79.9 cm³/mol. The number of hydrogen-bond donors (Lipinski definition) is 1. The molecule has 0 aliphatic carbocycles. The Bertz CT molecular complexity index is 780. The minimum absolute atomic E-state index is 0.292. The first-order valence-electron chi connectivity index (χ1n) is 6.79. The van der Waals surface area contributed by atoms with E-state index >= 15 is 0 Å². The number of aryl methyl sites for hydroxylation is 4. The minimum Gasteiger partial charge on any atom is -0.466 e. The molecule has 0 bridgehead atoms. The lowest BCUT2D eigenvalue weighted by atomic mass is 10.0. The fraction of sp³-hybridized carbons (Fsp3) is 0.294. The summed E-state index contributed by atoms with van der Waals surface area (Å²) in [4.78, 5) is 0. The van der Waals surface area contributed by atoms with Crippen molar-refractivity contribution in [3.8, 4) is 0 Å². The summed E-state index contributed by atoms with van der Waals surface area (Å²) in [5.41, 5.74) is 10.5. The molecule has 0 saturated carbocycles. The minimum atomic E-state index is -0.292. The molecule has 0 aliphatic rings. The van der Waals surface area contributed by atoms with E-state index < -0.39 is 0 Å². The van der Waals surface area contributed by atoms with Crippen molar-refractivity contribution in [2.24, 2.45) is 5.73 Å². The molecule has 3 nitrogen and oxygen atoms in total. The number of fused-ring (bicyclic) bond motifs is 1. The van der Waals surface area contributed by atoms with E-state index in [1.807, 2.05) is 26.0 Å². The Morgan fingerprint density at radius 3 is 2.40 bits per heavy atom. The van der Waals surface area contributed by atoms with Gasteiger partial charge in [-0.1, -0.05) is 12.1 Å². The van der Waals surface area contributed by atoms with E-state index in [2.05, 4.69) is 26.0 Å². The standard InChI is InChI=1S/C17H19NO2/c1-9-5-6-13-11(3)17(20-15(13)7-9)16(18)14-8-10(2)19-12(14)4/h5-8,16H,18H2,1-4H3. The summed E-state index contributed by atoms with van der Waals surface area (Å²) in [5, 5.41) is 1.12. The van der Waals surface area contributed by atoms with Crippen LogP contribution >= 0.6 is 0 Å². The van der Waals surface area contributed by atoms with E-state index in [1.54, 1.807) is 0 Å². The number of rotatable bonds is 2. The molecule has 0 radical (unpaired) electrons. The zero-order valence-corrected chi connectivity index (χ0v) is 12.3. The van der Waals surface area contributed by atoms with Crippen molar-refractivity contribution < 1.29 is 8.83 Å². The van der Waals surface area contributed by atoms with Crippen molar-refractivity contribution in [1.82, 2.24) is 0 Å². The van der Waals surface area contributed by atoms with E-state index in [-0.39, 0.29) is 6.04 Å². The molecule has 1 aromatic carbocycles. The highest BCUT2D eigenvalue weighted by molar-refractivity contribution is 5.83. The fourth-order valence-corrected chi connectivity index (χ4v) is 2.75. The zero-order valence-electron chi connectivity index (χ0n) is 12.3. The first kappa shape index (κ1) is 13.0. The molecule has 3 aromatic rings. The fourth-order valence-electron chi connectivity index (χ4n) is 2.75. The average Bonchev–Trinajstić information content (AvgIpc) is 2.89. The topological polar surface area (TPSA) is 52.3 Å². The number of furan rings is 2. The third-order valence-corrected chi connectivity index (χ3v) is 3.83. The van der Waals surface area contributed by atoms with Gasteiger partial charge in [-0.25, -0.2) is 0 Å². The molecule has 104 valence electrons. The van der Waals surface area contributed by atoms with Crippen molar-refractivity contribution >= 4 is 11.0 Å². The molecule has 2 N–H and O–H groups in total. The second-order valence-corrected chi connectivity index (χ2v) is 5.44. The molecule has 1 unspecified atom stereocenters. The molecule has 0 spiro atoms. The molecular formula is C17H19NO2. The van der Waals surface area contributed by atoms with Crippen LogP contribution in [0.25, 0.3) is 11.0 Å². The molecule has 0 amide bonds. The van der Waals surface area contributed by atoms with Gasteiger partial charge in [-0.3, -0.25) is 0 Å². The van der Waals surface area contributed by atoms with Crippen LogP contribution in [-0.4, -0.2) is 0 Å². The lowest BCUT2D eigenvalue weighted by Gasteiger charge is -2.08. The highest BCUT2D eigenvalue weighted by Crippen LogP contribution is 2.33. The monoisotopic (exact) mass is 269 g/mol. The maximum atomic E-state index is 6.38. The summed E-state index contributed by atoms with van der Waals surface area (Å²) in [5.74, 6) is 2.54. The second-order valence-electron chi connectivity index (χ2n) is 5.44. The first-order valence-corrected chi connectivity index (χ1v) is 6.79. The van der Waals surface area contributed by atoms with Gasteiger partial charge in [0.25, 0.3) is 0 Å². The van der Waals surface area contributed by atoms with Crippen LogP contribution in [0.15, 0.2) is 33.1 Å². The molecule has 1 atom stereocenters. The van der Waals surface area contributed by atoms with Crippen molar-refractivity contribution in [2.75, 3.05) is 0 Å². The van der Waals surface area contributed by atoms with Gasteiger partial charge in [0.1, 0.15) is 22.9 Å². The van der Waals surface area contributed by atoms with E-state index in [0.29, 0.717) is 0 Å². The Morgan fingerprint density at radius 2 is 1.75 bits per heavy atom. The van der Waals surface area contributed by atoms with Crippen LogP contribution < -0.4 is 5.73 Å². The largest absolute Gasteiger partial charge is 0.466 e. The van der Waals surface area contributed by atoms with E-state index in [9.17, 15) is 0 Å². The summed E-state index contributed by atoms with van der Waals surface area (Å²) in [7, 11) is 0. The van der Waals surface area contributed by atoms with Crippen LogP contribution in [0.4, 0.5) is 0 Å². The van der Waals surface area contributed by atoms with E-state index in [4.69, 9.17) is 14.6 Å². The van der Waals surface area contributed by atoms with Crippen molar-refractivity contribution in [3.63, 3.8) is 0 Å². The van der Waals surface area contributed by atoms with Gasteiger partial charge in [0.05, 0.1) is 6.04 Å². The summed E-state index contributed by atoms with van der Waals surface area (Å²) < 4.78 is 11.6. The SMILES string of the molecule is Cc1ccc2c(C)c(C(N)c3cc(C)oc3C)oc2c1. The van der Waals surface area contributed by atoms with Crippen LogP contribution in [0.3, 0.4) is 0 Å². The predicted octanol–water partition coefficient (Wildman–Crippen LogP) is 4.31. The van der Waals surface area contributed by atoms with Crippen LogP contribution in [0.5, 0.6) is 0 Å². The number of nitrogens with two attached hydrogens (primary N) is 1. The van der Waals surface area contributed by atoms with Crippen molar-refractivity contribution in [2.45, 2.75) is 33.7 Å². The zero-order chi connectivity index (χ0) is 14.4.